The van der Waals surface area contributed by atoms with Crippen LogP contribution in [-0.2, 0) is 38.3 Å². The lowest BCUT2D eigenvalue weighted by Gasteiger charge is -2.08. The van der Waals surface area contributed by atoms with Crippen molar-refractivity contribution in [2.45, 2.75) is 99.3 Å². The topological polar surface area (TPSA) is 109 Å². The van der Waals surface area contributed by atoms with E-state index >= 15 is 0 Å². The number of methoxy groups -OCH3 is 2. The maximum atomic E-state index is 12.2. The number of aromatic nitrogens is 2. The number of rotatable bonds is 14. The number of nitrogens with zero attached hydrogens (tertiary/aromatic N) is 2. The summed E-state index contributed by atoms with van der Waals surface area (Å²) in [5.41, 5.74) is 15.5. The molecular weight excluding hydrogens is 564 g/mol. The lowest BCUT2D eigenvalue weighted by atomic mass is 9.98. The van der Waals surface area contributed by atoms with Gasteiger partial charge in [0.2, 0.25) is 0 Å². The molecule has 0 saturated carbocycles. The first-order valence-corrected chi connectivity index (χ1v) is 16.2. The fraction of sp³-hybridized carbons (Fsp3) is 0.459. The summed E-state index contributed by atoms with van der Waals surface area (Å²) in [4.78, 5) is 41.3. The molecule has 0 spiro atoms. The van der Waals surface area contributed by atoms with E-state index in [1.54, 1.807) is 0 Å². The third-order valence-corrected chi connectivity index (χ3v) is 9.12. The Bertz CT molecular complexity index is 1520. The molecule has 240 valence electrons. The van der Waals surface area contributed by atoms with E-state index in [9.17, 15) is 9.59 Å². The van der Waals surface area contributed by atoms with Crippen LogP contribution in [0.3, 0.4) is 0 Å². The predicted octanol–water partition coefficient (Wildman–Crippen LogP) is 7.85. The van der Waals surface area contributed by atoms with E-state index in [1.165, 1.54) is 36.5 Å². The molecule has 4 rings (SSSR count). The van der Waals surface area contributed by atoms with E-state index in [2.05, 4.69) is 63.7 Å². The van der Waals surface area contributed by atoms with Gasteiger partial charge in [-0.3, -0.25) is 19.6 Å². The second kappa shape index (κ2) is 15.2. The zero-order chi connectivity index (χ0) is 32.7. The molecule has 8 heteroatoms. The first-order chi connectivity index (χ1) is 21.7. The molecule has 2 aliphatic rings. The van der Waals surface area contributed by atoms with Crippen molar-refractivity contribution in [3.8, 4) is 0 Å². The van der Waals surface area contributed by atoms with Crippen LogP contribution in [0.5, 0.6) is 0 Å². The van der Waals surface area contributed by atoms with Crippen molar-refractivity contribution in [2.75, 3.05) is 14.2 Å². The number of H-pyrrole nitrogens is 2. The van der Waals surface area contributed by atoms with Crippen molar-refractivity contribution in [2.24, 2.45) is 9.98 Å². The van der Waals surface area contributed by atoms with Gasteiger partial charge in [-0.25, -0.2) is 0 Å². The van der Waals surface area contributed by atoms with Gasteiger partial charge in [-0.2, -0.15) is 0 Å². The average molecular weight is 613 g/mol. The van der Waals surface area contributed by atoms with E-state index < -0.39 is 0 Å². The first-order valence-electron chi connectivity index (χ1n) is 16.2. The summed E-state index contributed by atoms with van der Waals surface area (Å²) in [6, 6.07) is 0. The third-order valence-electron chi connectivity index (χ3n) is 9.12. The lowest BCUT2D eigenvalue weighted by molar-refractivity contribution is -0.141. The second-order valence-corrected chi connectivity index (χ2v) is 11.6. The fourth-order valence-electron chi connectivity index (χ4n) is 6.43. The molecule has 0 amide bonds. The Morgan fingerprint density at radius 2 is 1.09 bits per heavy atom. The smallest absolute Gasteiger partial charge is 0.305 e. The largest absolute Gasteiger partial charge is 0.469 e. The Hall–Kier alpha value is -4.20. The van der Waals surface area contributed by atoms with Crippen LogP contribution in [0, 0.1) is 13.8 Å². The zero-order valence-corrected chi connectivity index (χ0v) is 28.2. The Morgan fingerprint density at radius 1 is 0.689 bits per heavy atom. The highest BCUT2D eigenvalue weighted by Crippen LogP contribution is 2.33. The number of ether oxygens (including phenoxy) is 2. The second-order valence-electron chi connectivity index (χ2n) is 11.6. The highest BCUT2D eigenvalue weighted by molar-refractivity contribution is 5.89. The summed E-state index contributed by atoms with van der Waals surface area (Å²) in [7, 11) is 2.85. The molecule has 2 aliphatic heterocycles. The third kappa shape index (κ3) is 7.38. The van der Waals surface area contributed by atoms with Crippen molar-refractivity contribution >= 4 is 36.5 Å². The van der Waals surface area contributed by atoms with Gasteiger partial charge in [0.1, 0.15) is 0 Å². The van der Waals surface area contributed by atoms with Gasteiger partial charge in [0.25, 0.3) is 0 Å². The Kier molecular flexibility index (Phi) is 11.4. The van der Waals surface area contributed by atoms with E-state index in [0.29, 0.717) is 19.3 Å². The molecule has 0 aromatic carbocycles. The highest BCUT2D eigenvalue weighted by atomic mass is 16.5. The van der Waals surface area contributed by atoms with Gasteiger partial charge >= 0.3 is 11.9 Å². The van der Waals surface area contributed by atoms with Gasteiger partial charge in [-0.15, -0.1) is 0 Å². The monoisotopic (exact) mass is 612 g/mol. The predicted molar refractivity (Wildman–Crippen MR) is 183 cm³/mol. The molecular formula is C37H48N4O4. The van der Waals surface area contributed by atoms with Crippen LogP contribution in [0.15, 0.2) is 43.7 Å². The van der Waals surface area contributed by atoms with Crippen molar-refractivity contribution < 1.29 is 19.1 Å². The van der Waals surface area contributed by atoms with Gasteiger partial charge in [0.05, 0.1) is 25.6 Å². The normalized spacial score (nSPS) is 16.3. The van der Waals surface area contributed by atoms with Gasteiger partial charge in [0, 0.05) is 54.5 Å². The molecule has 0 radical (unpaired) electrons. The van der Waals surface area contributed by atoms with E-state index in [0.717, 1.165) is 82.1 Å². The summed E-state index contributed by atoms with van der Waals surface area (Å²) in [5.74, 6) is -0.477. The zero-order valence-electron chi connectivity index (χ0n) is 28.2. The molecule has 0 unspecified atom stereocenters. The summed E-state index contributed by atoms with van der Waals surface area (Å²) >= 11 is 0. The maximum absolute atomic E-state index is 12.2. The summed E-state index contributed by atoms with van der Waals surface area (Å²) in [5, 5.41) is 0. The van der Waals surface area contributed by atoms with Crippen molar-refractivity contribution in [1.82, 2.24) is 9.97 Å². The minimum Gasteiger partial charge on any atom is -0.469 e. The molecule has 2 aromatic rings. The van der Waals surface area contributed by atoms with Gasteiger partial charge in [0.15, 0.2) is 0 Å². The van der Waals surface area contributed by atoms with Gasteiger partial charge < -0.3 is 19.4 Å². The molecule has 4 heterocycles. The number of aliphatic imine (C=N–C) groups is 2. The fourth-order valence-corrected chi connectivity index (χ4v) is 6.43. The molecule has 2 N–H and O–H groups in total. The van der Waals surface area contributed by atoms with Crippen molar-refractivity contribution in [1.29, 1.82) is 0 Å². The standard InChI is InChI=1S/C37H48N4O4/c1-9-24-20-38-32(26(24)11-3)17-30-22(5)28(13-15-36(42)44-7)34(40-30)19-35-29(14-16-37(43)45-8)23(6)31(41-35)18-33-27(12-4)25(10-2)21-39-33/h17-18,20-21,40-41H,9-16,19H2,1-8H3. The maximum Gasteiger partial charge on any atom is 0.305 e. The van der Waals surface area contributed by atoms with Crippen LogP contribution in [0.2, 0.25) is 0 Å². The summed E-state index contributed by atoms with van der Waals surface area (Å²) < 4.78 is 9.96. The minimum atomic E-state index is -0.239. The minimum absolute atomic E-state index is 0.239. The number of esters is 2. The van der Waals surface area contributed by atoms with Crippen LogP contribution in [-0.4, -0.2) is 48.6 Å². The Labute approximate surface area is 267 Å². The molecule has 8 nitrogen and oxygen atoms in total. The first kappa shape index (κ1) is 33.7. The molecule has 0 fully saturated rings. The number of allylic oxidation sites excluding steroid dienone is 4. The number of aromatic amines is 2. The van der Waals surface area contributed by atoms with E-state index in [4.69, 9.17) is 19.5 Å². The lowest BCUT2D eigenvalue weighted by Crippen LogP contribution is -2.06. The molecule has 0 atom stereocenters. The molecule has 0 saturated heterocycles. The van der Waals surface area contributed by atoms with Crippen LogP contribution >= 0.6 is 0 Å². The Balaban J connectivity index is 1.80. The number of nitrogens with one attached hydrogen (secondary N) is 2. The van der Waals surface area contributed by atoms with Crippen LogP contribution in [0.1, 0.15) is 111 Å². The van der Waals surface area contributed by atoms with Crippen LogP contribution < -0.4 is 0 Å². The van der Waals surface area contributed by atoms with Crippen LogP contribution in [0.4, 0.5) is 0 Å². The van der Waals surface area contributed by atoms with Gasteiger partial charge in [-0.05, 0) is 109 Å². The van der Waals surface area contributed by atoms with Crippen molar-refractivity contribution in [3.63, 3.8) is 0 Å². The SMILES string of the molecule is CCC1=C(CC)C(=Cc2[nH]c(Cc3[nH]c(C=C4N=CC(CC)=C4CC)c(C)c3CCC(=O)OC)c(CCC(=O)OC)c2C)N=C1. The molecule has 0 bridgehead atoms. The Morgan fingerprint density at radius 3 is 1.42 bits per heavy atom. The molecule has 2 aromatic heterocycles. The number of carbonyl (C=O) groups excluding carboxylic acids is 2. The quantitative estimate of drug-likeness (QED) is 0.212. The molecule has 0 aliphatic carbocycles. The summed E-state index contributed by atoms with van der Waals surface area (Å²) in [6.45, 7) is 12.8. The van der Waals surface area contributed by atoms with Crippen molar-refractivity contribution in [3.05, 3.63) is 78.7 Å². The van der Waals surface area contributed by atoms with E-state index in [-0.39, 0.29) is 24.8 Å². The average Bonchev–Trinajstić information content (AvgIpc) is 3.79. The number of hydrogen-bond donors (Lipinski definition) is 2. The summed E-state index contributed by atoms with van der Waals surface area (Å²) in [6.07, 6.45) is 14.2. The highest BCUT2D eigenvalue weighted by Gasteiger charge is 2.22. The van der Waals surface area contributed by atoms with E-state index in [1.807, 2.05) is 12.4 Å². The molecule has 45 heavy (non-hydrogen) atoms. The van der Waals surface area contributed by atoms with Gasteiger partial charge in [-0.1, -0.05) is 27.7 Å². The number of carbonyl (C=O) groups is 2. The van der Waals surface area contributed by atoms with Crippen LogP contribution in [0.25, 0.3) is 12.2 Å². The number of hydrogen-bond acceptors (Lipinski definition) is 6.